The molecule has 1 heterocycles. The van der Waals surface area contributed by atoms with E-state index in [1.165, 1.54) is 0 Å². The molecule has 1 unspecified atom stereocenters. The number of amides is 2. The molecule has 5 nitrogen and oxygen atoms in total. The number of primary amides is 1. The number of piperidine rings is 1. The highest BCUT2D eigenvalue weighted by atomic mass is 32.1. The van der Waals surface area contributed by atoms with Crippen LogP contribution in [-0.2, 0) is 9.59 Å². The van der Waals surface area contributed by atoms with E-state index in [1.54, 1.807) is 4.90 Å². The van der Waals surface area contributed by atoms with Crippen LogP contribution >= 0.6 is 12.2 Å². The van der Waals surface area contributed by atoms with Gasteiger partial charge in [-0.3, -0.25) is 9.59 Å². The first-order valence-electron chi connectivity index (χ1n) is 5.86. The zero-order valence-corrected chi connectivity index (χ0v) is 10.5. The van der Waals surface area contributed by atoms with Gasteiger partial charge in [0.2, 0.25) is 11.8 Å². The number of nitrogens with zero attached hydrogens (tertiary/aromatic N) is 1. The Bertz CT molecular complexity index is 379. The summed E-state index contributed by atoms with van der Waals surface area (Å²) in [7, 11) is 0. The Kier molecular flexibility index (Phi) is 3.07. The zero-order valence-electron chi connectivity index (χ0n) is 9.65. The molecular weight excluding hydrogens is 238 g/mol. The molecule has 94 valence electrons. The normalized spacial score (nSPS) is 26.4. The first kappa shape index (κ1) is 12.3. The molecule has 1 aliphatic heterocycles. The molecule has 1 saturated heterocycles. The third kappa shape index (κ3) is 2.13. The van der Waals surface area contributed by atoms with Gasteiger partial charge in [0.05, 0.1) is 16.3 Å². The van der Waals surface area contributed by atoms with Gasteiger partial charge in [0.25, 0.3) is 0 Å². The Hall–Kier alpha value is -1.17. The fourth-order valence-electron chi connectivity index (χ4n) is 2.39. The molecule has 2 rings (SSSR count). The lowest BCUT2D eigenvalue weighted by Crippen LogP contribution is -2.49. The average Bonchev–Trinajstić information content (AvgIpc) is 3.09. The van der Waals surface area contributed by atoms with E-state index in [0.717, 1.165) is 25.7 Å². The topological polar surface area (TPSA) is 89.4 Å². The van der Waals surface area contributed by atoms with Crippen molar-refractivity contribution in [2.24, 2.45) is 22.8 Å². The van der Waals surface area contributed by atoms with Gasteiger partial charge in [0.1, 0.15) is 0 Å². The number of thiocarbonyl (C=S) groups is 1. The molecule has 0 radical (unpaired) electrons. The second-order valence-corrected chi connectivity index (χ2v) is 5.38. The van der Waals surface area contributed by atoms with Crippen molar-refractivity contribution < 1.29 is 9.59 Å². The van der Waals surface area contributed by atoms with E-state index in [2.05, 4.69) is 0 Å². The van der Waals surface area contributed by atoms with Crippen molar-refractivity contribution in [1.82, 2.24) is 4.90 Å². The lowest BCUT2D eigenvalue weighted by atomic mass is 9.95. The second kappa shape index (κ2) is 4.25. The Balaban J connectivity index is 2.05. The van der Waals surface area contributed by atoms with Crippen molar-refractivity contribution in [1.29, 1.82) is 0 Å². The summed E-state index contributed by atoms with van der Waals surface area (Å²) in [6, 6.07) is 0. The van der Waals surface area contributed by atoms with Crippen molar-refractivity contribution in [3.05, 3.63) is 0 Å². The van der Waals surface area contributed by atoms with Crippen molar-refractivity contribution >= 4 is 29.0 Å². The van der Waals surface area contributed by atoms with Gasteiger partial charge in [-0.25, -0.2) is 0 Å². The predicted molar refractivity (Wildman–Crippen MR) is 67.0 cm³/mol. The fourth-order valence-corrected chi connectivity index (χ4v) is 2.68. The van der Waals surface area contributed by atoms with E-state index >= 15 is 0 Å². The van der Waals surface area contributed by atoms with Crippen LogP contribution in [0.15, 0.2) is 0 Å². The highest BCUT2D eigenvalue weighted by Gasteiger charge is 2.54. The van der Waals surface area contributed by atoms with Crippen LogP contribution in [-0.4, -0.2) is 34.8 Å². The standard InChI is InChI=1S/C11H17N3O2S/c12-8(15)7-2-1-5-14(6-7)10(16)11(3-4-11)9(13)17/h7H,1-6H2,(H2,12,15)(H2,13,17). The molecule has 1 atom stereocenters. The summed E-state index contributed by atoms with van der Waals surface area (Å²) in [5.74, 6) is -0.575. The van der Waals surface area contributed by atoms with Gasteiger partial charge < -0.3 is 16.4 Å². The van der Waals surface area contributed by atoms with E-state index in [0.29, 0.717) is 13.1 Å². The van der Waals surface area contributed by atoms with E-state index in [4.69, 9.17) is 23.7 Å². The summed E-state index contributed by atoms with van der Waals surface area (Å²) >= 11 is 4.96. The molecule has 0 bridgehead atoms. The molecule has 2 aliphatic rings. The van der Waals surface area contributed by atoms with Gasteiger partial charge >= 0.3 is 0 Å². The van der Waals surface area contributed by atoms with Crippen LogP contribution in [0.1, 0.15) is 25.7 Å². The third-order valence-electron chi connectivity index (χ3n) is 3.74. The smallest absolute Gasteiger partial charge is 0.235 e. The van der Waals surface area contributed by atoms with E-state index in [1.807, 2.05) is 0 Å². The molecule has 0 aromatic rings. The van der Waals surface area contributed by atoms with Gasteiger partial charge in [-0.05, 0) is 25.7 Å². The lowest BCUT2D eigenvalue weighted by Gasteiger charge is -2.33. The minimum absolute atomic E-state index is 0.0176. The van der Waals surface area contributed by atoms with Gasteiger partial charge in [-0.2, -0.15) is 0 Å². The fraction of sp³-hybridized carbons (Fsp3) is 0.727. The SMILES string of the molecule is NC(=O)C1CCCN(C(=O)C2(C(N)=S)CC2)C1. The molecule has 2 amide bonds. The van der Waals surface area contributed by atoms with Crippen LogP contribution in [0, 0.1) is 11.3 Å². The highest BCUT2D eigenvalue weighted by Crippen LogP contribution is 2.48. The number of nitrogens with two attached hydrogens (primary N) is 2. The van der Waals surface area contributed by atoms with Crippen LogP contribution in [0.4, 0.5) is 0 Å². The van der Waals surface area contributed by atoms with Gasteiger partial charge in [0, 0.05) is 13.1 Å². The molecule has 0 aromatic heterocycles. The van der Waals surface area contributed by atoms with Crippen molar-refractivity contribution in [3.63, 3.8) is 0 Å². The molecule has 1 saturated carbocycles. The maximum atomic E-state index is 12.3. The van der Waals surface area contributed by atoms with Crippen LogP contribution in [0.5, 0.6) is 0 Å². The number of likely N-dealkylation sites (tertiary alicyclic amines) is 1. The predicted octanol–water partition coefficient (Wildman–Crippen LogP) is -0.223. The summed E-state index contributed by atoms with van der Waals surface area (Å²) < 4.78 is 0. The maximum absolute atomic E-state index is 12.3. The summed E-state index contributed by atoms with van der Waals surface area (Å²) in [5.41, 5.74) is 10.3. The lowest BCUT2D eigenvalue weighted by molar-refractivity contribution is -0.137. The van der Waals surface area contributed by atoms with Crippen LogP contribution < -0.4 is 11.5 Å². The molecule has 6 heteroatoms. The van der Waals surface area contributed by atoms with Crippen molar-refractivity contribution in [3.8, 4) is 0 Å². The number of carbonyl (C=O) groups is 2. The minimum Gasteiger partial charge on any atom is -0.392 e. The van der Waals surface area contributed by atoms with Crippen molar-refractivity contribution in [2.45, 2.75) is 25.7 Å². The third-order valence-corrected chi connectivity index (χ3v) is 4.13. The number of rotatable bonds is 3. The van der Waals surface area contributed by atoms with E-state index in [-0.39, 0.29) is 22.7 Å². The van der Waals surface area contributed by atoms with Crippen LogP contribution in [0.2, 0.25) is 0 Å². The van der Waals surface area contributed by atoms with E-state index < -0.39 is 5.41 Å². The Morgan fingerprint density at radius 3 is 2.41 bits per heavy atom. The average molecular weight is 255 g/mol. The summed E-state index contributed by atoms with van der Waals surface area (Å²) in [6.45, 7) is 1.09. The summed E-state index contributed by atoms with van der Waals surface area (Å²) in [5, 5.41) is 0. The number of carbonyl (C=O) groups excluding carboxylic acids is 2. The molecular formula is C11H17N3O2S. The highest BCUT2D eigenvalue weighted by molar-refractivity contribution is 7.80. The van der Waals surface area contributed by atoms with Gasteiger partial charge in [0.15, 0.2) is 0 Å². The van der Waals surface area contributed by atoms with Gasteiger partial charge in [-0.1, -0.05) is 12.2 Å². The summed E-state index contributed by atoms with van der Waals surface area (Å²) in [6.07, 6.45) is 3.05. The monoisotopic (exact) mass is 255 g/mol. The minimum atomic E-state index is -0.616. The molecule has 0 aromatic carbocycles. The quantitative estimate of drug-likeness (QED) is 0.682. The Labute approximate surface area is 105 Å². The zero-order chi connectivity index (χ0) is 12.6. The first-order chi connectivity index (χ1) is 7.97. The molecule has 17 heavy (non-hydrogen) atoms. The number of hydrogen-bond donors (Lipinski definition) is 2. The molecule has 4 N–H and O–H groups in total. The van der Waals surface area contributed by atoms with Crippen molar-refractivity contribution in [2.75, 3.05) is 13.1 Å². The van der Waals surface area contributed by atoms with Crippen LogP contribution in [0.25, 0.3) is 0 Å². The number of hydrogen-bond acceptors (Lipinski definition) is 3. The Morgan fingerprint density at radius 2 is 1.94 bits per heavy atom. The van der Waals surface area contributed by atoms with Gasteiger partial charge in [-0.15, -0.1) is 0 Å². The van der Waals surface area contributed by atoms with E-state index in [9.17, 15) is 9.59 Å². The Morgan fingerprint density at radius 1 is 1.29 bits per heavy atom. The maximum Gasteiger partial charge on any atom is 0.235 e. The second-order valence-electron chi connectivity index (χ2n) is 4.94. The molecule has 2 fully saturated rings. The first-order valence-corrected chi connectivity index (χ1v) is 6.27. The molecule has 0 spiro atoms. The van der Waals surface area contributed by atoms with Crippen LogP contribution in [0.3, 0.4) is 0 Å². The largest absolute Gasteiger partial charge is 0.392 e. The molecule has 1 aliphatic carbocycles. The summed E-state index contributed by atoms with van der Waals surface area (Å²) in [4.78, 5) is 25.4.